The first kappa shape index (κ1) is 15.8. The number of rotatable bonds is 3. The molecule has 23 heavy (non-hydrogen) atoms. The maximum atomic E-state index is 12.4. The van der Waals surface area contributed by atoms with Gasteiger partial charge in [-0.05, 0) is 41.6 Å². The molecule has 2 amide bonds. The van der Waals surface area contributed by atoms with Crippen molar-refractivity contribution in [1.29, 1.82) is 0 Å². The topological polar surface area (TPSA) is 57.6 Å². The number of benzene rings is 2. The zero-order valence-corrected chi connectivity index (χ0v) is 14.3. The lowest BCUT2D eigenvalue weighted by atomic mass is 10.2. The maximum Gasteiger partial charge on any atom is 0.293 e. The Bertz CT molecular complexity index is 802. The molecular formula is C17H12BrNO3S. The van der Waals surface area contributed by atoms with Crippen LogP contribution in [-0.2, 0) is 11.3 Å². The van der Waals surface area contributed by atoms with Gasteiger partial charge in [-0.3, -0.25) is 14.5 Å². The Balaban J connectivity index is 1.82. The summed E-state index contributed by atoms with van der Waals surface area (Å²) in [6.07, 6.45) is 1.54. The number of hydrogen-bond donors (Lipinski definition) is 1. The van der Waals surface area contributed by atoms with Crippen LogP contribution in [0.2, 0.25) is 0 Å². The normalized spacial score (nSPS) is 16.4. The number of carbonyl (C=O) groups is 2. The van der Waals surface area contributed by atoms with Crippen molar-refractivity contribution in [1.82, 2.24) is 4.90 Å². The lowest BCUT2D eigenvalue weighted by Gasteiger charge is -2.12. The number of carbonyl (C=O) groups excluding carboxylic acids is 2. The van der Waals surface area contributed by atoms with Gasteiger partial charge in [-0.1, -0.05) is 46.3 Å². The summed E-state index contributed by atoms with van der Waals surface area (Å²) < 4.78 is 0.940. The van der Waals surface area contributed by atoms with Crippen molar-refractivity contribution in [3.63, 3.8) is 0 Å². The Morgan fingerprint density at radius 2 is 1.78 bits per heavy atom. The van der Waals surface area contributed by atoms with Crippen LogP contribution in [0.15, 0.2) is 57.9 Å². The minimum absolute atomic E-state index is 0.0761. The molecule has 2 aromatic carbocycles. The van der Waals surface area contributed by atoms with Crippen LogP contribution in [0, 0.1) is 0 Å². The number of nitrogens with zero attached hydrogens (tertiary/aromatic N) is 1. The highest BCUT2D eigenvalue weighted by atomic mass is 79.9. The van der Waals surface area contributed by atoms with Crippen molar-refractivity contribution in [2.24, 2.45) is 0 Å². The zero-order chi connectivity index (χ0) is 16.4. The van der Waals surface area contributed by atoms with Crippen LogP contribution >= 0.6 is 27.7 Å². The Hall–Kier alpha value is -2.05. The van der Waals surface area contributed by atoms with Gasteiger partial charge in [0.1, 0.15) is 5.75 Å². The fraction of sp³-hybridized carbons (Fsp3) is 0.0588. The molecule has 1 aliphatic heterocycles. The van der Waals surface area contributed by atoms with Crippen LogP contribution in [0.4, 0.5) is 4.79 Å². The summed E-state index contributed by atoms with van der Waals surface area (Å²) in [6.45, 7) is 0.232. The molecule has 0 atom stereocenters. The Labute approximate surface area is 145 Å². The fourth-order valence-electron chi connectivity index (χ4n) is 2.16. The molecule has 1 heterocycles. The Kier molecular flexibility index (Phi) is 4.54. The smallest absolute Gasteiger partial charge is 0.293 e. The monoisotopic (exact) mass is 389 g/mol. The second-order valence-corrected chi connectivity index (χ2v) is 6.86. The van der Waals surface area contributed by atoms with Crippen LogP contribution in [-0.4, -0.2) is 21.2 Å². The van der Waals surface area contributed by atoms with E-state index in [9.17, 15) is 14.7 Å². The number of aromatic hydroxyl groups is 1. The van der Waals surface area contributed by atoms with Crippen molar-refractivity contribution in [2.75, 3.05) is 0 Å². The second-order valence-electron chi connectivity index (χ2n) is 4.95. The van der Waals surface area contributed by atoms with Crippen molar-refractivity contribution in [3.8, 4) is 5.75 Å². The molecule has 0 bridgehead atoms. The zero-order valence-electron chi connectivity index (χ0n) is 11.9. The minimum atomic E-state index is -0.342. The van der Waals surface area contributed by atoms with E-state index in [4.69, 9.17) is 0 Å². The van der Waals surface area contributed by atoms with Crippen LogP contribution < -0.4 is 0 Å². The summed E-state index contributed by atoms with van der Waals surface area (Å²) in [5.74, 6) is -0.265. The fourth-order valence-corrected chi connectivity index (χ4v) is 3.25. The van der Waals surface area contributed by atoms with E-state index < -0.39 is 0 Å². The van der Waals surface area contributed by atoms with Crippen molar-refractivity contribution in [2.45, 2.75) is 6.54 Å². The van der Waals surface area contributed by atoms with Gasteiger partial charge in [0.05, 0.1) is 11.4 Å². The van der Waals surface area contributed by atoms with Gasteiger partial charge in [-0.25, -0.2) is 0 Å². The molecule has 4 nitrogen and oxygen atoms in total. The first-order valence-electron chi connectivity index (χ1n) is 6.82. The van der Waals surface area contributed by atoms with Crippen molar-refractivity contribution in [3.05, 3.63) is 69.0 Å². The predicted octanol–water partition coefficient (Wildman–Crippen LogP) is 4.39. The number of hydrogen-bond acceptors (Lipinski definition) is 4. The third-order valence-corrected chi connectivity index (χ3v) is 4.79. The van der Waals surface area contributed by atoms with E-state index in [2.05, 4.69) is 15.9 Å². The maximum absolute atomic E-state index is 12.4. The van der Waals surface area contributed by atoms with E-state index in [0.717, 1.165) is 21.8 Å². The minimum Gasteiger partial charge on any atom is -0.507 e. The van der Waals surface area contributed by atoms with Gasteiger partial charge in [0, 0.05) is 10.0 Å². The molecule has 1 fully saturated rings. The molecule has 0 aliphatic carbocycles. The molecule has 0 radical (unpaired) electrons. The molecule has 0 spiro atoms. The van der Waals surface area contributed by atoms with Crippen LogP contribution in [0.25, 0.3) is 6.08 Å². The lowest BCUT2D eigenvalue weighted by molar-refractivity contribution is -0.123. The quantitative estimate of drug-likeness (QED) is 0.790. The van der Waals surface area contributed by atoms with Gasteiger partial charge >= 0.3 is 0 Å². The summed E-state index contributed by atoms with van der Waals surface area (Å²) in [5, 5.41) is 9.48. The molecule has 3 rings (SSSR count). The van der Waals surface area contributed by atoms with Gasteiger partial charge in [0.25, 0.3) is 11.1 Å². The van der Waals surface area contributed by atoms with Crippen LogP contribution in [0.3, 0.4) is 0 Å². The molecule has 2 aromatic rings. The molecule has 0 unspecified atom stereocenters. The molecule has 6 heteroatoms. The third kappa shape index (κ3) is 3.48. The number of phenols is 1. The number of para-hydroxylation sites is 1. The highest BCUT2D eigenvalue weighted by Gasteiger charge is 2.35. The molecule has 116 valence electrons. The first-order valence-corrected chi connectivity index (χ1v) is 8.43. The molecule has 1 aliphatic rings. The second kappa shape index (κ2) is 6.60. The van der Waals surface area contributed by atoms with E-state index in [-0.39, 0.29) is 23.4 Å². The number of phenolic OH excluding ortho intramolecular Hbond substituents is 1. The van der Waals surface area contributed by atoms with Gasteiger partial charge in [0.15, 0.2) is 0 Å². The first-order chi connectivity index (χ1) is 11.0. The summed E-state index contributed by atoms with van der Waals surface area (Å²) in [5.41, 5.74) is 1.39. The average molecular weight is 390 g/mol. The van der Waals surface area contributed by atoms with E-state index in [1.807, 2.05) is 24.3 Å². The summed E-state index contributed by atoms with van der Waals surface area (Å²) in [7, 11) is 0. The number of imide groups is 1. The van der Waals surface area contributed by atoms with Crippen molar-refractivity contribution < 1.29 is 14.7 Å². The summed E-state index contributed by atoms with van der Waals surface area (Å²) in [6, 6.07) is 14.2. The number of amides is 2. The van der Waals surface area contributed by atoms with Gasteiger partial charge in [0.2, 0.25) is 0 Å². The predicted molar refractivity (Wildman–Crippen MR) is 93.8 cm³/mol. The molecule has 1 saturated heterocycles. The van der Waals surface area contributed by atoms with Gasteiger partial charge < -0.3 is 5.11 Å². The lowest BCUT2D eigenvalue weighted by Crippen LogP contribution is -2.27. The largest absolute Gasteiger partial charge is 0.507 e. The molecular weight excluding hydrogens is 378 g/mol. The number of thioether (sulfide) groups is 1. The summed E-state index contributed by atoms with van der Waals surface area (Å²) in [4.78, 5) is 26.0. The summed E-state index contributed by atoms with van der Waals surface area (Å²) >= 11 is 4.24. The van der Waals surface area contributed by atoms with Gasteiger partial charge in [-0.15, -0.1) is 0 Å². The Morgan fingerprint density at radius 1 is 1.09 bits per heavy atom. The van der Waals surface area contributed by atoms with E-state index in [1.165, 1.54) is 11.0 Å². The van der Waals surface area contributed by atoms with E-state index in [0.29, 0.717) is 10.5 Å². The van der Waals surface area contributed by atoms with E-state index >= 15 is 0 Å². The highest BCUT2D eigenvalue weighted by molar-refractivity contribution is 9.10. The average Bonchev–Trinajstić information content (AvgIpc) is 2.79. The standard InChI is InChI=1S/C17H12BrNO3S/c18-13-7-5-11(6-8-13)10-19-16(21)15(23-17(19)22)9-12-3-1-2-4-14(12)20/h1-9,20H,10H2/b15-9+. The third-order valence-electron chi connectivity index (χ3n) is 3.35. The van der Waals surface area contributed by atoms with Crippen LogP contribution in [0.5, 0.6) is 5.75 Å². The van der Waals surface area contributed by atoms with E-state index in [1.54, 1.807) is 24.3 Å². The Morgan fingerprint density at radius 3 is 2.48 bits per heavy atom. The molecule has 0 aromatic heterocycles. The molecule has 0 saturated carbocycles. The highest BCUT2D eigenvalue weighted by Crippen LogP contribution is 2.34. The van der Waals surface area contributed by atoms with Gasteiger partial charge in [-0.2, -0.15) is 0 Å². The molecule has 1 N–H and O–H groups in total. The van der Waals surface area contributed by atoms with Crippen molar-refractivity contribution >= 4 is 44.9 Å². The SMILES string of the molecule is O=C1S/C(=C/c2ccccc2O)C(=O)N1Cc1ccc(Br)cc1. The van der Waals surface area contributed by atoms with Crippen LogP contribution in [0.1, 0.15) is 11.1 Å². The number of halogens is 1.